The largest absolute Gasteiger partial charge is 0.487 e. The van der Waals surface area contributed by atoms with Gasteiger partial charge in [0.15, 0.2) is 5.78 Å². The van der Waals surface area contributed by atoms with Crippen LogP contribution in [0.15, 0.2) is 16.6 Å². The Hall–Kier alpha value is -0.870. The Labute approximate surface area is 96.2 Å². The maximum atomic E-state index is 11.4. The number of Topliss-reactive ketones (excluding diaryl/α,β-unsaturated/α-hetero) is 1. The zero-order valence-corrected chi connectivity index (χ0v) is 9.87. The quantitative estimate of drug-likeness (QED) is 0.836. The second kappa shape index (κ2) is 3.94. The first-order chi connectivity index (χ1) is 7.13. The molecule has 1 aliphatic heterocycles. The van der Waals surface area contributed by atoms with E-state index in [9.17, 15) is 4.79 Å². The van der Waals surface area contributed by atoms with E-state index in [1.165, 1.54) is 6.92 Å². The second-order valence-corrected chi connectivity index (χ2v) is 4.44. The van der Waals surface area contributed by atoms with Gasteiger partial charge in [0.1, 0.15) is 11.9 Å². The van der Waals surface area contributed by atoms with E-state index < -0.39 is 0 Å². The molecule has 0 saturated carbocycles. The Balaban J connectivity index is 2.49. The topological polar surface area (TPSA) is 46.5 Å². The number of hydrogen-bond acceptors (Lipinski definition) is 3. The fraction of sp³-hybridized carbons (Fsp3) is 0.364. The van der Waals surface area contributed by atoms with Crippen LogP contribution in [0.5, 0.6) is 5.75 Å². The van der Waals surface area contributed by atoms with Gasteiger partial charge in [0.25, 0.3) is 0 Å². The van der Waals surface area contributed by atoms with Crippen LogP contribution < -0.4 is 4.74 Å². The molecule has 4 heteroatoms. The van der Waals surface area contributed by atoms with Crippen LogP contribution in [-0.2, 0) is 6.42 Å². The molecule has 3 nitrogen and oxygen atoms in total. The third kappa shape index (κ3) is 1.79. The molecule has 0 aromatic heterocycles. The molecule has 2 rings (SSSR count). The monoisotopic (exact) mass is 270 g/mol. The van der Waals surface area contributed by atoms with Crippen LogP contribution in [0.4, 0.5) is 0 Å². The Bertz CT molecular complexity index is 415. The number of aliphatic hydroxyl groups excluding tert-OH is 1. The highest BCUT2D eigenvalue weighted by Crippen LogP contribution is 2.37. The van der Waals surface area contributed by atoms with Crippen molar-refractivity contribution < 1.29 is 14.6 Å². The average molecular weight is 271 g/mol. The molecule has 1 unspecified atom stereocenters. The summed E-state index contributed by atoms with van der Waals surface area (Å²) in [5.74, 6) is 0.605. The molecule has 1 atom stereocenters. The molecule has 0 spiro atoms. The summed E-state index contributed by atoms with van der Waals surface area (Å²) in [5, 5.41) is 9.03. The molecule has 0 aliphatic carbocycles. The summed E-state index contributed by atoms with van der Waals surface area (Å²) < 4.78 is 6.46. The van der Waals surface area contributed by atoms with Crippen LogP contribution >= 0.6 is 15.9 Å². The Morgan fingerprint density at radius 2 is 2.40 bits per heavy atom. The first kappa shape index (κ1) is 10.6. The van der Waals surface area contributed by atoms with Crippen molar-refractivity contribution >= 4 is 21.7 Å². The van der Waals surface area contributed by atoms with E-state index in [2.05, 4.69) is 15.9 Å². The third-order valence-corrected chi connectivity index (χ3v) is 3.25. The van der Waals surface area contributed by atoms with Crippen molar-refractivity contribution in [2.24, 2.45) is 0 Å². The maximum absolute atomic E-state index is 11.4. The minimum absolute atomic E-state index is 0.0164. The van der Waals surface area contributed by atoms with E-state index in [4.69, 9.17) is 9.84 Å². The SMILES string of the molecule is CC(=O)c1ccc(Br)c2c1OC(CO)C2. The fourth-order valence-corrected chi connectivity index (χ4v) is 2.22. The molecule has 1 aromatic carbocycles. The number of ketones is 1. The first-order valence-corrected chi connectivity index (χ1v) is 5.52. The zero-order chi connectivity index (χ0) is 11.0. The van der Waals surface area contributed by atoms with Crippen LogP contribution in [0.1, 0.15) is 22.8 Å². The smallest absolute Gasteiger partial charge is 0.163 e. The van der Waals surface area contributed by atoms with Crippen molar-refractivity contribution in [1.29, 1.82) is 0 Å². The lowest BCUT2D eigenvalue weighted by atomic mass is 10.0. The molecule has 0 fully saturated rings. The summed E-state index contributed by atoms with van der Waals surface area (Å²) in [6, 6.07) is 3.59. The van der Waals surface area contributed by atoms with Crippen molar-refractivity contribution in [2.75, 3.05) is 6.61 Å². The predicted octanol–water partition coefficient (Wildman–Crippen LogP) is 1.95. The number of carbonyl (C=O) groups excluding carboxylic acids is 1. The zero-order valence-electron chi connectivity index (χ0n) is 8.29. The van der Waals surface area contributed by atoms with Gasteiger partial charge in [0.05, 0.1) is 12.2 Å². The van der Waals surface area contributed by atoms with Gasteiger partial charge in [-0.1, -0.05) is 15.9 Å². The van der Waals surface area contributed by atoms with Gasteiger partial charge in [-0.15, -0.1) is 0 Å². The van der Waals surface area contributed by atoms with Gasteiger partial charge < -0.3 is 9.84 Å². The minimum atomic E-state index is -0.225. The summed E-state index contributed by atoms with van der Waals surface area (Å²) in [5.41, 5.74) is 1.56. The van der Waals surface area contributed by atoms with Gasteiger partial charge in [-0.25, -0.2) is 0 Å². The Morgan fingerprint density at radius 3 is 3.00 bits per heavy atom. The van der Waals surface area contributed by atoms with E-state index in [-0.39, 0.29) is 18.5 Å². The molecular weight excluding hydrogens is 260 g/mol. The maximum Gasteiger partial charge on any atom is 0.163 e. The van der Waals surface area contributed by atoms with Crippen molar-refractivity contribution in [2.45, 2.75) is 19.4 Å². The first-order valence-electron chi connectivity index (χ1n) is 4.73. The number of carbonyl (C=O) groups is 1. The predicted molar refractivity (Wildman–Crippen MR) is 59.4 cm³/mol. The standard InChI is InChI=1S/C11H11BrO3/c1-6(14)8-2-3-10(12)9-4-7(5-13)15-11(8)9/h2-3,7,13H,4-5H2,1H3. The van der Waals surface area contributed by atoms with Crippen LogP contribution in [-0.4, -0.2) is 23.6 Å². The van der Waals surface area contributed by atoms with Gasteiger partial charge in [-0.2, -0.15) is 0 Å². The molecular formula is C11H11BrO3. The van der Waals surface area contributed by atoms with Crippen molar-refractivity contribution in [3.05, 3.63) is 27.7 Å². The number of benzene rings is 1. The van der Waals surface area contributed by atoms with E-state index in [1.807, 2.05) is 6.07 Å². The van der Waals surface area contributed by atoms with Crippen molar-refractivity contribution in [3.8, 4) is 5.75 Å². The third-order valence-electron chi connectivity index (χ3n) is 2.50. The van der Waals surface area contributed by atoms with Crippen LogP contribution in [0, 0.1) is 0 Å². The second-order valence-electron chi connectivity index (χ2n) is 3.59. The fourth-order valence-electron chi connectivity index (χ4n) is 1.74. The highest BCUT2D eigenvalue weighted by Gasteiger charge is 2.27. The minimum Gasteiger partial charge on any atom is -0.487 e. The number of halogens is 1. The van der Waals surface area contributed by atoms with Crippen LogP contribution in [0.25, 0.3) is 0 Å². The highest BCUT2D eigenvalue weighted by atomic mass is 79.9. The molecule has 0 bridgehead atoms. The van der Waals surface area contributed by atoms with Gasteiger partial charge in [-0.3, -0.25) is 4.79 Å². The van der Waals surface area contributed by atoms with Crippen molar-refractivity contribution in [3.63, 3.8) is 0 Å². The summed E-state index contributed by atoms with van der Waals surface area (Å²) >= 11 is 3.41. The van der Waals surface area contributed by atoms with Crippen LogP contribution in [0.3, 0.4) is 0 Å². The summed E-state index contributed by atoms with van der Waals surface area (Å²) in [6.07, 6.45) is 0.421. The molecule has 80 valence electrons. The van der Waals surface area contributed by atoms with Crippen molar-refractivity contribution in [1.82, 2.24) is 0 Å². The van der Waals surface area contributed by atoms with E-state index in [1.54, 1.807) is 6.07 Å². The lowest BCUT2D eigenvalue weighted by molar-refractivity contribution is 0.100. The Kier molecular flexibility index (Phi) is 2.80. The lowest BCUT2D eigenvalue weighted by Crippen LogP contribution is -2.17. The average Bonchev–Trinajstić information content (AvgIpc) is 2.62. The molecule has 0 saturated heterocycles. The van der Waals surface area contributed by atoms with Gasteiger partial charge >= 0.3 is 0 Å². The van der Waals surface area contributed by atoms with Gasteiger partial charge in [0.2, 0.25) is 0 Å². The highest BCUT2D eigenvalue weighted by molar-refractivity contribution is 9.10. The van der Waals surface area contributed by atoms with Gasteiger partial charge in [-0.05, 0) is 19.1 Å². The Morgan fingerprint density at radius 1 is 1.67 bits per heavy atom. The molecule has 0 radical (unpaired) electrons. The number of aliphatic hydroxyl groups is 1. The number of fused-ring (bicyclic) bond motifs is 1. The molecule has 1 aromatic rings. The molecule has 0 amide bonds. The summed E-state index contributed by atoms with van der Waals surface area (Å²) in [6.45, 7) is 1.48. The van der Waals surface area contributed by atoms with Gasteiger partial charge in [0, 0.05) is 16.5 Å². The normalized spacial score (nSPS) is 18.5. The molecule has 1 aliphatic rings. The number of hydrogen-bond donors (Lipinski definition) is 1. The van der Waals surface area contributed by atoms with Crippen LogP contribution in [0.2, 0.25) is 0 Å². The lowest BCUT2D eigenvalue weighted by Gasteiger charge is -2.08. The summed E-state index contributed by atoms with van der Waals surface area (Å²) in [7, 11) is 0. The molecule has 1 N–H and O–H groups in total. The van der Waals surface area contributed by atoms with E-state index in [0.717, 1.165) is 10.0 Å². The number of ether oxygens (including phenoxy) is 1. The molecule has 15 heavy (non-hydrogen) atoms. The summed E-state index contributed by atoms with van der Waals surface area (Å²) in [4.78, 5) is 11.4. The van der Waals surface area contributed by atoms with E-state index >= 15 is 0 Å². The molecule has 1 heterocycles. The number of rotatable bonds is 2. The van der Waals surface area contributed by atoms with E-state index in [0.29, 0.717) is 17.7 Å².